The maximum atomic E-state index is 9.98. The van der Waals surface area contributed by atoms with Gasteiger partial charge >= 0.3 is 5.97 Å². The number of rotatable bonds is 2. The molecule has 0 aromatic carbocycles. The van der Waals surface area contributed by atoms with Crippen LogP contribution in [0.4, 0.5) is 0 Å². The molecule has 0 aliphatic heterocycles. The summed E-state index contributed by atoms with van der Waals surface area (Å²) in [6, 6.07) is 0. The third-order valence-electron chi connectivity index (χ3n) is 0.516. The zero-order chi connectivity index (χ0) is 11.1. The fourth-order valence-electron chi connectivity index (χ4n) is 0.190. The Hall–Kier alpha value is -1.10. The first kappa shape index (κ1) is 14.4. The van der Waals surface area contributed by atoms with E-state index >= 15 is 0 Å². The van der Waals surface area contributed by atoms with Crippen molar-refractivity contribution < 1.29 is 23.9 Å². The van der Waals surface area contributed by atoms with Gasteiger partial charge in [0.05, 0.1) is 47.7 Å². The summed E-state index contributed by atoms with van der Waals surface area (Å²) in [7, 11) is 9.62. The molecule has 0 unspecified atom stereocenters. The van der Waals surface area contributed by atoms with E-state index in [1.54, 1.807) is 0 Å². The second kappa shape index (κ2) is 6.42. The van der Waals surface area contributed by atoms with Crippen LogP contribution in [0.2, 0.25) is 0 Å². The van der Waals surface area contributed by atoms with Crippen molar-refractivity contribution in [1.82, 2.24) is 0 Å². The second-order valence-corrected chi connectivity index (χ2v) is 3.81. The molecule has 0 rings (SSSR count). The molecule has 0 bridgehead atoms. The Morgan fingerprint density at radius 3 is 1.62 bits per heavy atom. The van der Waals surface area contributed by atoms with E-state index in [-0.39, 0.29) is 0 Å². The summed E-state index contributed by atoms with van der Waals surface area (Å²) in [5.74, 6) is -2.21. The van der Waals surface area contributed by atoms with Crippen molar-refractivity contribution in [2.24, 2.45) is 0 Å². The van der Waals surface area contributed by atoms with Crippen molar-refractivity contribution in [2.45, 2.75) is 6.42 Å². The Bertz CT molecular complexity index is 165. The number of hydrogen-bond acceptors (Lipinski definition) is 4. The van der Waals surface area contributed by atoms with Gasteiger partial charge in [0.25, 0.3) is 0 Å². The zero-order valence-corrected chi connectivity index (χ0v) is 8.79. The first-order chi connectivity index (χ1) is 5.66. The molecule has 78 valence electrons. The quantitative estimate of drug-likeness (QED) is 0.306. The van der Waals surface area contributed by atoms with Crippen LogP contribution < -0.4 is 5.11 Å². The number of carboxylic acid groups (broad SMARTS) is 1. The molecule has 0 saturated heterocycles. The van der Waals surface area contributed by atoms with Crippen molar-refractivity contribution in [3.63, 3.8) is 0 Å². The van der Waals surface area contributed by atoms with E-state index in [4.69, 9.17) is 0 Å². The Morgan fingerprint density at radius 1 is 1.23 bits per heavy atom. The molecule has 5 nitrogen and oxygen atoms in total. The van der Waals surface area contributed by atoms with E-state index in [0.29, 0.717) is 0 Å². The molecular formula is C8H17NO4. The number of ether oxygens (including phenoxy) is 1. The van der Waals surface area contributed by atoms with Gasteiger partial charge in [-0.25, -0.2) is 0 Å². The van der Waals surface area contributed by atoms with Gasteiger partial charge in [0, 0.05) is 0 Å². The second-order valence-electron chi connectivity index (χ2n) is 3.81. The van der Waals surface area contributed by atoms with Crippen molar-refractivity contribution in [1.29, 1.82) is 0 Å². The van der Waals surface area contributed by atoms with Crippen LogP contribution in [0.5, 0.6) is 0 Å². The number of esters is 1. The lowest BCUT2D eigenvalue weighted by Crippen LogP contribution is -2.27. The highest BCUT2D eigenvalue weighted by atomic mass is 16.5. The molecule has 0 N–H and O–H groups in total. The van der Waals surface area contributed by atoms with Crippen LogP contribution in [0.25, 0.3) is 0 Å². The number of hydrogen-bond donors (Lipinski definition) is 0. The first-order valence-electron chi connectivity index (χ1n) is 3.72. The Morgan fingerprint density at radius 2 is 1.54 bits per heavy atom. The molecular weight excluding hydrogens is 174 g/mol. The normalized spacial score (nSPS) is 9.62. The van der Waals surface area contributed by atoms with Gasteiger partial charge in [0.15, 0.2) is 0 Å². The van der Waals surface area contributed by atoms with E-state index in [9.17, 15) is 14.7 Å². The predicted octanol–water partition coefficient (Wildman–Crippen LogP) is -1.38. The smallest absolute Gasteiger partial charge is 0.311 e. The maximum Gasteiger partial charge on any atom is 0.311 e. The molecule has 0 spiro atoms. The lowest BCUT2D eigenvalue weighted by atomic mass is 10.4. The third-order valence-corrected chi connectivity index (χ3v) is 0.516. The lowest BCUT2D eigenvalue weighted by Gasteiger charge is -2.14. The van der Waals surface area contributed by atoms with Gasteiger partial charge in [-0.1, -0.05) is 0 Å². The van der Waals surface area contributed by atoms with Gasteiger partial charge in [0.1, 0.15) is 0 Å². The molecule has 0 amide bonds. The van der Waals surface area contributed by atoms with Crippen LogP contribution in [0.3, 0.4) is 0 Å². The highest BCUT2D eigenvalue weighted by molar-refractivity contribution is 5.88. The molecule has 0 aliphatic carbocycles. The summed E-state index contributed by atoms with van der Waals surface area (Å²) in [6.45, 7) is 0. The largest absolute Gasteiger partial charge is 0.550 e. The summed E-state index contributed by atoms with van der Waals surface area (Å²) >= 11 is 0. The van der Waals surface area contributed by atoms with Crippen LogP contribution in [-0.2, 0) is 14.3 Å². The number of carboxylic acids is 1. The maximum absolute atomic E-state index is 9.98. The van der Waals surface area contributed by atoms with E-state index in [0.717, 1.165) is 11.6 Å². The van der Waals surface area contributed by atoms with E-state index in [2.05, 4.69) is 32.9 Å². The van der Waals surface area contributed by atoms with Crippen LogP contribution in [0.1, 0.15) is 6.42 Å². The van der Waals surface area contributed by atoms with Crippen LogP contribution in [0, 0.1) is 0 Å². The number of aliphatic carboxylic acids is 1. The molecule has 0 atom stereocenters. The van der Waals surface area contributed by atoms with Crippen molar-refractivity contribution in [3.05, 3.63) is 0 Å². The SMILES string of the molecule is COC(=O)CC(=O)[O-].C[N+](C)(C)C. The molecule has 13 heavy (non-hydrogen) atoms. The first-order valence-corrected chi connectivity index (χ1v) is 3.72. The number of quaternary nitrogens is 1. The lowest BCUT2D eigenvalue weighted by molar-refractivity contribution is -0.849. The summed E-state index contributed by atoms with van der Waals surface area (Å²) in [5, 5.41) is 9.56. The molecule has 0 heterocycles. The highest BCUT2D eigenvalue weighted by Crippen LogP contribution is 1.78. The number of carbonyl (C=O) groups is 2. The number of nitrogens with zero attached hydrogens (tertiary/aromatic N) is 1. The number of methoxy groups -OCH3 is 1. The van der Waals surface area contributed by atoms with Crippen molar-refractivity contribution in [2.75, 3.05) is 35.3 Å². The minimum Gasteiger partial charge on any atom is -0.550 e. The van der Waals surface area contributed by atoms with Gasteiger partial charge in [-0.05, 0) is 0 Å². The van der Waals surface area contributed by atoms with Gasteiger partial charge in [-0.2, -0.15) is 0 Å². The average molecular weight is 191 g/mol. The van der Waals surface area contributed by atoms with Gasteiger partial charge in [0.2, 0.25) is 0 Å². The summed E-state index contributed by atoms with van der Waals surface area (Å²) in [4.78, 5) is 19.5. The summed E-state index contributed by atoms with van der Waals surface area (Å²) in [5.41, 5.74) is 0. The number of carbonyl (C=O) groups excluding carboxylic acids is 2. The van der Waals surface area contributed by atoms with E-state index in [1.165, 1.54) is 0 Å². The monoisotopic (exact) mass is 191 g/mol. The standard InChI is InChI=1S/C4H12N.C4H6O4/c1-5(2,3)4;1-8-4(7)2-3(5)6/h1-4H3;2H2,1H3,(H,5,6)/q+1;/p-1. The molecule has 5 heteroatoms. The fourth-order valence-corrected chi connectivity index (χ4v) is 0.190. The Kier molecular flexibility index (Phi) is 7.12. The zero-order valence-electron chi connectivity index (χ0n) is 8.79. The van der Waals surface area contributed by atoms with Gasteiger partial charge < -0.3 is 19.1 Å². The van der Waals surface area contributed by atoms with Gasteiger partial charge in [-0.3, -0.25) is 4.79 Å². The van der Waals surface area contributed by atoms with Crippen LogP contribution >= 0.6 is 0 Å². The van der Waals surface area contributed by atoms with E-state index in [1.807, 2.05) is 0 Å². The minimum absolute atomic E-state index is 0.670. The Labute approximate surface area is 78.5 Å². The van der Waals surface area contributed by atoms with Crippen LogP contribution in [-0.4, -0.2) is 51.7 Å². The highest BCUT2D eigenvalue weighted by Gasteiger charge is 1.96. The van der Waals surface area contributed by atoms with Gasteiger partial charge in [-0.15, -0.1) is 0 Å². The van der Waals surface area contributed by atoms with Crippen molar-refractivity contribution >= 4 is 11.9 Å². The Balaban J connectivity index is 0. The molecule has 0 saturated carbocycles. The molecule has 0 aromatic rings. The van der Waals surface area contributed by atoms with E-state index < -0.39 is 18.4 Å². The molecule has 0 aliphatic rings. The minimum atomic E-state index is -1.42. The third kappa shape index (κ3) is 36.0. The topological polar surface area (TPSA) is 66.4 Å². The van der Waals surface area contributed by atoms with Crippen molar-refractivity contribution in [3.8, 4) is 0 Å². The molecule has 0 radical (unpaired) electrons. The molecule has 0 fully saturated rings. The molecule has 0 aromatic heterocycles. The predicted molar refractivity (Wildman–Crippen MR) is 45.6 cm³/mol. The average Bonchev–Trinajstić information content (AvgIpc) is 1.82. The summed E-state index contributed by atoms with van der Waals surface area (Å²) in [6.07, 6.45) is -0.670. The summed E-state index contributed by atoms with van der Waals surface area (Å²) < 4.78 is 5.00. The fraction of sp³-hybridized carbons (Fsp3) is 0.750. The van der Waals surface area contributed by atoms with Crippen LogP contribution in [0.15, 0.2) is 0 Å².